The third kappa shape index (κ3) is 3.67. The summed E-state index contributed by atoms with van der Waals surface area (Å²) >= 11 is 0. The van der Waals surface area contributed by atoms with Crippen LogP contribution in [-0.2, 0) is 6.54 Å². The van der Waals surface area contributed by atoms with Gasteiger partial charge in [-0.15, -0.1) is 0 Å². The Hall–Kier alpha value is -2.39. The van der Waals surface area contributed by atoms with Gasteiger partial charge in [0, 0.05) is 24.0 Å². The van der Waals surface area contributed by atoms with Gasteiger partial charge in [0.2, 0.25) is 0 Å². The van der Waals surface area contributed by atoms with E-state index in [4.69, 9.17) is 4.42 Å². The predicted molar refractivity (Wildman–Crippen MR) is 103 cm³/mol. The highest BCUT2D eigenvalue weighted by Gasteiger charge is 2.16. The van der Waals surface area contributed by atoms with E-state index in [2.05, 4.69) is 49.5 Å². The van der Waals surface area contributed by atoms with Crippen LogP contribution in [-0.4, -0.2) is 0 Å². The van der Waals surface area contributed by atoms with E-state index in [9.17, 15) is 4.79 Å². The van der Waals surface area contributed by atoms with E-state index in [0.717, 1.165) is 22.1 Å². The molecular weight excluding hydrogens is 310 g/mol. The topological polar surface area (TPSA) is 42.2 Å². The van der Waals surface area contributed by atoms with Crippen LogP contribution < -0.4 is 10.9 Å². The molecule has 0 saturated heterocycles. The van der Waals surface area contributed by atoms with Crippen LogP contribution in [0, 0.1) is 19.8 Å². The Kier molecular flexibility index (Phi) is 5.05. The average molecular weight is 335 g/mol. The van der Waals surface area contributed by atoms with Gasteiger partial charge in [-0.25, -0.2) is 4.79 Å². The maximum absolute atomic E-state index is 12.0. The van der Waals surface area contributed by atoms with Gasteiger partial charge in [0.1, 0.15) is 5.58 Å². The Morgan fingerprint density at radius 2 is 1.76 bits per heavy atom. The molecule has 0 aliphatic rings. The molecule has 0 saturated carbocycles. The van der Waals surface area contributed by atoms with Crippen LogP contribution in [0.2, 0.25) is 0 Å². The van der Waals surface area contributed by atoms with E-state index in [-0.39, 0.29) is 11.7 Å². The first-order valence-corrected chi connectivity index (χ1v) is 8.78. The van der Waals surface area contributed by atoms with Crippen LogP contribution in [0.3, 0.4) is 0 Å². The molecule has 0 spiro atoms. The molecule has 0 radical (unpaired) electrons. The molecule has 1 aromatic heterocycles. The lowest BCUT2D eigenvalue weighted by atomic mass is 9.95. The SMILES string of the molecule is Cc1ccc2c(CN[C@@H](c3ccccc3)C(C)C)cc(=O)oc2c1C. The molecule has 0 aliphatic heterocycles. The second kappa shape index (κ2) is 7.24. The summed E-state index contributed by atoms with van der Waals surface area (Å²) in [6, 6.07) is 16.4. The Balaban J connectivity index is 1.95. The van der Waals surface area contributed by atoms with Crippen molar-refractivity contribution in [3.63, 3.8) is 0 Å². The summed E-state index contributed by atoms with van der Waals surface area (Å²) in [5, 5.41) is 4.63. The van der Waals surface area contributed by atoms with Crippen molar-refractivity contribution in [1.29, 1.82) is 0 Å². The molecule has 0 aliphatic carbocycles. The van der Waals surface area contributed by atoms with E-state index < -0.39 is 0 Å². The summed E-state index contributed by atoms with van der Waals surface area (Å²) in [4.78, 5) is 12.0. The molecule has 1 atom stereocenters. The first-order valence-electron chi connectivity index (χ1n) is 8.78. The molecule has 1 heterocycles. The molecular formula is C22H25NO2. The zero-order chi connectivity index (χ0) is 18.0. The summed E-state index contributed by atoms with van der Waals surface area (Å²) in [6.07, 6.45) is 0. The highest BCUT2D eigenvalue weighted by atomic mass is 16.4. The van der Waals surface area contributed by atoms with E-state index in [1.165, 1.54) is 5.56 Å². The molecule has 0 bridgehead atoms. The first kappa shape index (κ1) is 17.4. The van der Waals surface area contributed by atoms with Gasteiger partial charge in [-0.3, -0.25) is 0 Å². The van der Waals surface area contributed by atoms with Crippen LogP contribution in [0.1, 0.15) is 42.1 Å². The second-order valence-corrected chi connectivity index (χ2v) is 6.99. The molecule has 0 fully saturated rings. The molecule has 3 heteroatoms. The molecule has 0 unspecified atom stereocenters. The Morgan fingerprint density at radius 1 is 1.04 bits per heavy atom. The van der Waals surface area contributed by atoms with Crippen molar-refractivity contribution >= 4 is 11.0 Å². The van der Waals surface area contributed by atoms with Gasteiger partial charge in [0.25, 0.3) is 0 Å². The molecule has 0 amide bonds. The van der Waals surface area contributed by atoms with Crippen molar-refractivity contribution in [3.05, 3.63) is 81.2 Å². The predicted octanol–water partition coefficient (Wildman–Crippen LogP) is 4.90. The van der Waals surface area contributed by atoms with E-state index in [0.29, 0.717) is 18.0 Å². The number of nitrogens with one attached hydrogen (secondary N) is 1. The van der Waals surface area contributed by atoms with Gasteiger partial charge >= 0.3 is 5.63 Å². The number of hydrogen-bond donors (Lipinski definition) is 1. The quantitative estimate of drug-likeness (QED) is 0.675. The third-order valence-electron chi connectivity index (χ3n) is 4.86. The number of fused-ring (bicyclic) bond motifs is 1. The normalized spacial score (nSPS) is 12.7. The Labute approximate surface area is 148 Å². The molecule has 2 aromatic carbocycles. The van der Waals surface area contributed by atoms with Crippen LogP contribution in [0.25, 0.3) is 11.0 Å². The summed E-state index contributed by atoms with van der Waals surface area (Å²) in [7, 11) is 0. The van der Waals surface area contributed by atoms with Gasteiger partial charge in [0.05, 0.1) is 0 Å². The molecule has 130 valence electrons. The van der Waals surface area contributed by atoms with Crippen LogP contribution in [0.15, 0.2) is 57.7 Å². The van der Waals surface area contributed by atoms with Gasteiger partial charge < -0.3 is 9.73 Å². The minimum absolute atomic E-state index is 0.232. The first-order chi connectivity index (χ1) is 12.0. The van der Waals surface area contributed by atoms with Crippen molar-refractivity contribution in [2.75, 3.05) is 0 Å². The van der Waals surface area contributed by atoms with Crippen molar-refractivity contribution in [3.8, 4) is 0 Å². The van der Waals surface area contributed by atoms with Gasteiger partial charge in [-0.2, -0.15) is 0 Å². The van der Waals surface area contributed by atoms with Gasteiger partial charge in [-0.1, -0.05) is 56.3 Å². The highest BCUT2D eigenvalue weighted by Crippen LogP contribution is 2.25. The summed E-state index contributed by atoms with van der Waals surface area (Å²) in [5.74, 6) is 0.442. The maximum atomic E-state index is 12.0. The van der Waals surface area contributed by atoms with Crippen molar-refractivity contribution in [2.24, 2.45) is 5.92 Å². The van der Waals surface area contributed by atoms with Gasteiger partial charge in [0.15, 0.2) is 0 Å². The minimum atomic E-state index is -0.293. The highest BCUT2D eigenvalue weighted by molar-refractivity contribution is 5.83. The fourth-order valence-corrected chi connectivity index (χ4v) is 3.29. The average Bonchev–Trinajstić information content (AvgIpc) is 2.59. The van der Waals surface area contributed by atoms with Gasteiger partial charge in [-0.05, 0) is 42.0 Å². The monoisotopic (exact) mass is 335 g/mol. The zero-order valence-corrected chi connectivity index (χ0v) is 15.3. The Morgan fingerprint density at radius 3 is 2.44 bits per heavy atom. The lowest BCUT2D eigenvalue weighted by Gasteiger charge is -2.23. The van der Waals surface area contributed by atoms with Crippen LogP contribution in [0.4, 0.5) is 0 Å². The fraction of sp³-hybridized carbons (Fsp3) is 0.318. The summed E-state index contributed by atoms with van der Waals surface area (Å²) in [5.41, 5.74) is 4.81. The van der Waals surface area contributed by atoms with Crippen molar-refractivity contribution < 1.29 is 4.42 Å². The smallest absolute Gasteiger partial charge is 0.336 e. The van der Waals surface area contributed by atoms with Crippen LogP contribution in [0.5, 0.6) is 0 Å². The largest absolute Gasteiger partial charge is 0.422 e. The number of aryl methyl sites for hydroxylation is 2. The number of rotatable bonds is 5. The van der Waals surface area contributed by atoms with E-state index in [1.807, 2.05) is 26.0 Å². The Bertz CT molecular complexity index is 926. The lowest BCUT2D eigenvalue weighted by Crippen LogP contribution is -2.25. The number of benzene rings is 2. The zero-order valence-electron chi connectivity index (χ0n) is 15.3. The minimum Gasteiger partial charge on any atom is -0.422 e. The molecule has 3 rings (SSSR count). The molecule has 3 aromatic rings. The van der Waals surface area contributed by atoms with E-state index >= 15 is 0 Å². The molecule has 25 heavy (non-hydrogen) atoms. The fourth-order valence-electron chi connectivity index (χ4n) is 3.29. The third-order valence-corrected chi connectivity index (χ3v) is 4.86. The molecule has 3 nitrogen and oxygen atoms in total. The van der Waals surface area contributed by atoms with E-state index in [1.54, 1.807) is 6.07 Å². The maximum Gasteiger partial charge on any atom is 0.336 e. The summed E-state index contributed by atoms with van der Waals surface area (Å²) < 4.78 is 5.47. The lowest BCUT2D eigenvalue weighted by molar-refractivity contribution is 0.410. The van der Waals surface area contributed by atoms with Crippen molar-refractivity contribution in [1.82, 2.24) is 5.32 Å². The van der Waals surface area contributed by atoms with Crippen LogP contribution >= 0.6 is 0 Å². The van der Waals surface area contributed by atoms with Crippen molar-refractivity contribution in [2.45, 2.75) is 40.3 Å². The summed E-state index contributed by atoms with van der Waals surface area (Å²) in [6.45, 7) is 9.07. The molecule has 1 N–H and O–H groups in total. The standard InChI is InChI=1S/C22H25NO2/c1-14(2)21(17-8-6-5-7-9-17)23-13-18-12-20(24)25-22-16(4)15(3)10-11-19(18)22/h5-12,14,21,23H,13H2,1-4H3/t21-/m1/s1. The number of hydrogen-bond acceptors (Lipinski definition) is 3. The second-order valence-electron chi connectivity index (χ2n) is 6.99.